The molecule has 0 amide bonds. The average Bonchev–Trinajstić information content (AvgIpc) is 2.59. The third-order valence-electron chi connectivity index (χ3n) is 5.62. The second-order valence-electron chi connectivity index (χ2n) is 7.08. The van der Waals surface area contributed by atoms with Crippen molar-refractivity contribution in [2.75, 3.05) is 0 Å². The van der Waals surface area contributed by atoms with Crippen LogP contribution in [0.2, 0.25) is 0 Å². The van der Waals surface area contributed by atoms with Crippen molar-refractivity contribution in [3.05, 3.63) is 60.2 Å². The molecule has 0 atom stereocenters. The monoisotopic (exact) mass is 310 g/mol. The molecular weight excluding hydrogens is 276 g/mol. The highest BCUT2D eigenvalue weighted by atomic mass is 14.4. The molecule has 1 saturated carbocycles. The molecule has 1 aliphatic rings. The third-order valence-corrected chi connectivity index (χ3v) is 5.62. The SMILES string of the molecule is C=C/C(=C\C)C1(c2ccccc2)CCCCCCCCCCC1. The fraction of sp³-hybridized carbons (Fsp3) is 0.565. The van der Waals surface area contributed by atoms with Gasteiger partial charge < -0.3 is 0 Å². The van der Waals surface area contributed by atoms with E-state index in [2.05, 4.69) is 56.0 Å². The van der Waals surface area contributed by atoms with Crippen molar-refractivity contribution < 1.29 is 0 Å². The summed E-state index contributed by atoms with van der Waals surface area (Å²) in [6.45, 7) is 6.32. The lowest BCUT2D eigenvalue weighted by Crippen LogP contribution is -2.28. The number of hydrogen-bond acceptors (Lipinski definition) is 0. The Morgan fingerprint density at radius 3 is 1.74 bits per heavy atom. The molecule has 126 valence electrons. The van der Waals surface area contributed by atoms with Crippen molar-refractivity contribution >= 4 is 0 Å². The van der Waals surface area contributed by atoms with Gasteiger partial charge in [-0.2, -0.15) is 0 Å². The second-order valence-corrected chi connectivity index (χ2v) is 7.08. The maximum Gasteiger partial charge on any atom is 0.0199 e. The Morgan fingerprint density at radius 2 is 1.30 bits per heavy atom. The third kappa shape index (κ3) is 4.83. The summed E-state index contributed by atoms with van der Waals surface area (Å²) in [6.07, 6.45) is 19.5. The van der Waals surface area contributed by atoms with Gasteiger partial charge in [0.2, 0.25) is 0 Å². The van der Waals surface area contributed by atoms with Crippen molar-refractivity contribution in [3.8, 4) is 0 Å². The molecule has 23 heavy (non-hydrogen) atoms. The van der Waals surface area contributed by atoms with Gasteiger partial charge in [0.05, 0.1) is 0 Å². The first-order valence-electron chi connectivity index (χ1n) is 9.68. The smallest absolute Gasteiger partial charge is 0.0199 e. The van der Waals surface area contributed by atoms with Crippen molar-refractivity contribution in [1.29, 1.82) is 0 Å². The lowest BCUT2D eigenvalue weighted by atomic mass is 9.67. The molecule has 1 aromatic carbocycles. The van der Waals surface area contributed by atoms with Gasteiger partial charge in [0, 0.05) is 5.41 Å². The van der Waals surface area contributed by atoms with Crippen LogP contribution in [0.25, 0.3) is 0 Å². The van der Waals surface area contributed by atoms with Crippen LogP contribution in [0.3, 0.4) is 0 Å². The Morgan fingerprint density at radius 1 is 0.826 bits per heavy atom. The molecular formula is C23H34. The van der Waals surface area contributed by atoms with Gasteiger partial charge >= 0.3 is 0 Å². The highest BCUT2D eigenvalue weighted by Gasteiger charge is 2.33. The molecule has 0 nitrogen and oxygen atoms in total. The van der Waals surface area contributed by atoms with E-state index in [1.165, 1.54) is 81.8 Å². The molecule has 0 N–H and O–H groups in total. The number of benzene rings is 1. The minimum Gasteiger partial charge on any atom is -0.0988 e. The molecule has 0 aliphatic heterocycles. The number of allylic oxidation sites excluding steroid dienone is 3. The van der Waals surface area contributed by atoms with Gasteiger partial charge in [-0.15, -0.1) is 0 Å². The van der Waals surface area contributed by atoms with Gasteiger partial charge in [0.25, 0.3) is 0 Å². The van der Waals surface area contributed by atoms with Gasteiger partial charge in [-0.1, -0.05) is 107 Å². The molecule has 1 fully saturated rings. The Kier molecular flexibility index (Phi) is 7.65. The van der Waals surface area contributed by atoms with E-state index in [0.717, 1.165) is 0 Å². The van der Waals surface area contributed by atoms with E-state index in [4.69, 9.17) is 0 Å². The fourth-order valence-electron chi connectivity index (χ4n) is 4.31. The molecule has 2 rings (SSSR count). The normalized spacial score (nSPS) is 21.0. The van der Waals surface area contributed by atoms with Crippen molar-refractivity contribution in [2.45, 2.75) is 83.0 Å². The summed E-state index contributed by atoms with van der Waals surface area (Å²) in [5, 5.41) is 0. The molecule has 1 aliphatic carbocycles. The number of hydrogen-bond donors (Lipinski definition) is 0. The van der Waals surface area contributed by atoms with E-state index in [-0.39, 0.29) is 5.41 Å². The largest absolute Gasteiger partial charge is 0.0988 e. The first kappa shape index (κ1) is 18.0. The molecule has 1 aromatic rings. The van der Waals surface area contributed by atoms with Crippen LogP contribution in [-0.2, 0) is 5.41 Å². The highest BCUT2D eigenvalue weighted by Crippen LogP contribution is 2.43. The van der Waals surface area contributed by atoms with E-state index >= 15 is 0 Å². The molecule has 0 heterocycles. The van der Waals surface area contributed by atoms with Crippen LogP contribution in [0.15, 0.2) is 54.6 Å². The van der Waals surface area contributed by atoms with E-state index < -0.39 is 0 Å². The molecule has 0 bridgehead atoms. The molecule has 0 spiro atoms. The second kappa shape index (κ2) is 9.75. The van der Waals surface area contributed by atoms with Gasteiger partial charge in [-0.3, -0.25) is 0 Å². The maximum atomic E-state index is 4.14. The van der Waals surface area contributed by atoms with E-state index in [1.54, 1.807) is 0 Å². The maximum absolute atomic E-state index is 4.14. The van der Waals surface area contributed by atoms with E-state index in [0.29, 0.717) is 0 Å². The van der Waals surface area contributed by atoms with Gasteiger partial charge in [0.15, 0.2) is 0 Å². The van der Waals surface area contributed by atoms with Crippen LogP contribution < -0.4 is 0 Å². The van der Waals surface area contributed by atoms with Crippen LogP contribution in [-0.4, -0.2) is 0 Å². The Balaban J connectivity index is 2.32. The zero-order chi connectivity index (χ0) is 16.4. The van der Waals surface area contributed by atoms with Crippen LogP contribution >= 0.6 is 0 Å². The van der Waals surface area contributed by atoms with Gasteiger partial charge in [-0.05, 0) is 30.9 Å². The molecule has 0 aromatic heterocycles. The van der Waals surface area contributed by atoms with Crippen molar-refractivity contribution in [1.82, 2.24) is 0 Å². The minimum atomic E-state index is 0.178. The highest BCUT2D eigenvalue weighted by molar-refractivity contribution is 5.41. The van der Waals surface area contributed by atoms with Crippen molar-refractivity contribution in [3.63, 3.8) is 0 Å². The van der Waals surface area contributed by atoms with Crippen LogP contribution in [0.1, 0.15) is 83.1 Å². The van der Waals surface area contributed by atoms with Crippen molar-refractivity contribution in [2.24, 2.45) is 0 Å². The zero-order valence-corrected chi connectivity index (χ0v) is 15.0. The van der Waals surface area contributed by atoms with E-state index in [9.17, 15) is 0 Å². The molecule has 0 unspecified atom stereocenters. The lowest BCUT2D eigenvalue weighted by Gasteiger charge is -2.37. The minimum absolute atomic E-state index is 0.178. The topological polar surface area (TPSA) is 0 Å². The zero-order valence-electron chi connectivity index (χ0n) is 15.0. The fourth-order valence-corrected chi connectivity index (χ4v) is 4.31. The summed E-state index contributed by atoms with van der Waals surface area (Å²) in [5.74, 6) is 0. The summed E-state index contributed by atoms with van der Waals surface area (Å²) < 4.78 is 0. The molecule has 0 radical (unpaired) electrons. The molecule has 0 saturated heterocycles. The Labute approximate surface area is 143 Å². The summed E-state index contributed by atoms with van der Waals surface area (Å²) >= 11 is 0. The van der Waals surface area contributed by atoms with Crippen LogP contribution in [0, 0.1) is 0 Å². The first-order chi connectivity index (χ1) is 11.3. The first-order valence-corrected chi connectivity index (χ1v) is 9.68. The number of rotatable bonds is 3. The molecule has 0 heteroatoms. The summed E-state index contributed by atoms with van der Waals surface area (Å²) in [4.78, 5) is 0. The lowest BCUT2D eigenvalue weighted by molar-refractivity contribution is 0.382. The average molecular weight is 311 g/mol. The summed E-state index contributed by atoms with van der Waals surface area (Å²) in [5.41, 5.74) is 3.10. The standard InChI is InChI=1S/C23H34/c1-3-21(4-2)23(22-17-13-12-14-18-22)19-15-10-8-6-5-7-9-11-16-20-23/h3-4,12-14,17-18H,1,5-11,15-16,19-20H2,2H3/b21-4+. The Hall–Kier alpha value is -1.30. The van der Waals surface area contributed by atoms with Gasteiger partial charge in [0.1, 0.15) is 0 Å². The predicted molar refractivity (Wildman–Crippen MR) is 103 cm³/mol. The predicted octanol–water partition coefficient (Wildman–Crippen LogP) is 7.36. The summed E-state index contributed by atoms with van der Waals surface area (Å²) in [6, 6.07) is 11.2. The van der Waals surface area contributed by atoms with Crippen LogP contribution in [0.5, 0.6) is 0 Å². The quantitative estimate of drug-likeness (QED) is 0.511. The van der Waals surface area contributed by atoms with Crippen LogP contribution in [0.4, 0.5) is 0 Å². The summed E-state index contributed by atoms with van der Waals surface area (Å²) in [7, 11) is 0. The van der Waals surface area contributed by atoms with E-state index in [1.807, 2.05) is 0 Å². The Bertz CT molecular complexity index is 468. The van der Waals surface area contributed by atoms with Gasteiger partial charge in [-0.25, -0.2) is 0 Å².